The number of nitrogens with one attached hydrogen (secondary N) is 1. The van der Waals surface area contributed by atoms with E-state index in [4.69, 9.17) is 5.73 Å². The van der Waals surface area contributed by atoms with Crippen LogP contribution in [0, 0.1) is 0 Å². The number of nitrogen functional groups attached to an aromatic ring is 1. The van der Waals surface area contributed by atoms with Gasteiger partial charge in [0.25, 0.3) is 0 Å². The molecule has 0 aliphatic rings. The van der Waals surface area contributed by atoms with Gasteiger partial charge in [0, 0.05) is 32.4 Å². The van der Waals surface area contributed by atoms with Crippen LogP contribution in [0.25, 0.3) is 10.9 Å². The monoisotopic (exact) mass is 310 g/mol. The second-order valence-corrected chi connectivity index (χ2v) is 5.22. The van der Waals surface area contributed by atoms with E-state index in [-0.39, 0.29) is 5.95 Å². The summed E-state index contributed by atoms with van der Waals surface area (Å²) in [5.74, 6) is 2.23. The van der Waals surface area contributed by atoms with Crippen molar-refractivity contribution in [1.82, 2.24) is 24.9 Å². The van der Waals surface area contributed by atoms with Gasteiger partial charge in [0.1, 0.15) is 18.0 Å². The lowest BCUT2D eigenvalue weighted by Gasteiger charge is -2.12. The molecular weight excluding hydrogens is 292 g/mol. The second-order valence-electron chi connectivity index (χ2n) is 5.22. The summed E-state index contributed by atoms with van der Waals surface area (Å²) in [5, 5.41) is 4.28. The van der Waals surface area contributed by atoms with Crippen LogP contribution in [0.2, 0.25) is 0 Å². The van der Waals surface area contributed by atoms with Gasteiger partial charge in [-0.3, -0.25) is 0 Å². The fraction of sp³-hybridized carbons (Fsp3) is 0.267. The zero-order valence-corrected chi connectivity index (χ0v) is 13.1. The third kappa shape index (κ3) is 3.42. The van der Waals surface area contributed by atoms with Gasteiger partial charge in [-0.05, 0) is 12.1 Å². The van der Waals surface area contributed by atoms with Crippen LogP contribution in [0.5, 0.6) is 0 Å². The van der Waals surface area contributed by atoms with Gasteiger partial charge in [0.05, 0.1) is 5.52 Å². The highest BCUT2D eigenvalue weighted by atomic mass is 15.3. The molecule has 0 aliphatic carbocycles. The van der Waals surface area contributed by atoms with Crippen molar-refractivity contribution < 1.29 is 0 Å². The van der Waals surface area contributed by atoms with E-state index in [1.165, 1.54) is 0 Å². The molecule has 0 saturated heterocycles. The standard InChI is InChI=1S/C15H18N8/c1-23(2)15-21-12(20-14(16)22-15)7-8-17-13-10-5-3-4-6-11(10)18-9-19-13/h3-6,9H,7-8H2,1-2H3,(H,17,18,19)(H2,16,20,21,22). The largest absolute Gasteiger partial charge is 0.369 e. The Morgan fingerprint density at radius 3 is 2.74 bits per heavy atom. The van der Waals surface area contributed by atoms with Gasteiger partial charge in [0.15, 0.2) is 0 Å². The highest BCUT2D eigenvalue weighted by Gasteiger charge is 2.07. The summed E-state index contributed by atoms with van der Waals surface area (Å²) in [6.07, 6.45) is 2.17. The molecule has 1 aromatic carbocycles. The van der Waals surface area contributed by atoms with Crippen LogP contribution in [-0.4, -0.2) is 45.6 Å². The van der Waals surface area contributed by atoms with E-state index in [1.54, 1.807) is 11.2 Å². The molecule has 3 N–H and O–H groups in total. The van der Waals surface area contributed by atoms with Gasteiger partial charge in [-0.2, -0.15) is 15.0 Å². The van der Waals surface area contributed by atoms with E-state index in [0.717, 1.165) is 16.7 Å². The van der Waals surface area contributed by atoms with Crippen molar-refractivity contribution in [2.24, 2.45) is 0 Å². The Morgan fingerprint density at radius 1 is 1.09 bits per heavy atom. The lowest BCUT2D eigenvalue weighted by Crippen LogP contribution is -2.17. The molecule has 3 rings (SSSR count). The van der Waals surface area contributed by atoms with Crippen molar-refractivity contribution in [3.63, 3.8) is 0 Å². The highest BCUT2D eigenvalue weighted by Crippen LogP contribution is 2.18. The van der Waals surface area contributed by atoms with E-state index < -0.39 is 0 Å². The lowest BCUT2D eigenvalue weighted by molar-refractivity contribution is 0.851. The smallest absolute Gasteiger partial charge is 0.229 e. The van der Waals surface area contributed by atoms with Crippen LogP contribution in [0.1, 0.15) is 5.82 Å². The molecule has 0 atom stereocenters. The van der Waals surface area contributed by atoms with Crippen LogP contribution < -0.4 is 16.0 Å². The minimum absolute atomic E-state index is 0.228. The predicted octanol–water partition coefficient (Wildman–Crippen LogP) is 1.12. The molecule has 0 unspecified atom stereocenters. The molecule has 23 heavy (non-hydrogen) atoms. The fourth-order valence-electron chi connectivity index (χ4n) is 2.18. The van der Waals surface area contributed by atoms with Gasteiger partial charge in [0.2, 0.25) is 11.9 Å². The summed E-state index contributed by atoms with van der Waals surface area (Å²) in [5.41, 5.74) is 6.63. The number of nitrogens with two attached hydrogens (primary N) is 1. The van der Waals surface area contributed by atoms with Crippen LogP contribution in [0.15, 0.2) is 30.6 Å². The van der Waals surface area contributed by atoms with Gasteiger partial charge in [-0.1, -0.05) is 12.1 Å². The number of hydrogen-bond acceptors (Lipinski definition) is 8. The fourth-order valence-corrected chi connectivity index (χ4v) is 2.18. The Hall–Kier alpha value is -3.03. The molecule has 8 heteroatoms. The molecule has 0 spiro atoms. The van der Waals surface area contributed by atoms with Crippen LogP contribution in [-0.2, 0) is 6.42 Å². The zero-order valence-electron chi connectivity index (χ0n) is 13.1. The maximum Gasteiger partial charge on any atom is 0.229 e. The number of benzene rings is 1. The molecule has 0 amide bonds. The molecular formula is C15H18N8. The average molecular weight is 310 g/mol. The summed E-state index contributed by atoms with van der Waals surface area (Å²) in [4.78, 5) is 23.0. The summed E-state index contributed by atoms with van der Waals surface area (Å²) >= 11 is 0. The van der Waals surface area contributed by atoms with Crippen LogP contribution in [0.4, 0.5) is 17.7 Å². The first kappa shape index (κ1) is 14.9. The van der Waals surface area contributed by atoms with E-state index in [0.29, 0.717) is 24.7 Å². The summed E-state index contributed by atoms with van der Waals surface area (Å²) in [6, 6.07) is 7.86. The highest BCUT2D eigenvalue weighted by molar-refractivity contribution is 5.88. The first-order valence-electron chi connectivity index (χ1n) is 7.25. The van der Waals surface area contributed by atoms with Crippen molar-refractivity contribution in [2.45, 2.75) is 6.42 Å². The number of hydrogen-bond donors (Lipinski definition) is 2. The molecule has 0 bridgehead atoms. The van der Waals surface area contributed by atoms with Gasteiger partial charge < -0.3 is 16.0 Å². The molecule has 118 valence electrons. The summed E-state index contributed by atoms with van der Waals surface area (Å²) in [7, 11) is 3.73. The maximum atomic E-state index is 5.72. The minimum atomic E-state index is 0.228. The van der Waals surface area contributed by atoms with Crippen molar-refractivity contribution in [3.8, 4) is 0 Å². The van der Waals surface area contributed by atoms with E-state index in [9.17, 15) is 0 Å². The number of nitrogens with zero attached hydrogens (tertiary/aromatic N) is 6. The average Bonchev–Trinajstić information content (AvgIpc) is 2.54. The Morgan fingerprint density at radius 2 is 1.91 bits per heavy atom. The van der Waals surface area contributed by atoms with Crippen molar-refractivity contribution >= 4 is 28.6 Å². The molecule has 0 radical (unpaired) electrons. The molecule has 2 aromatic heterocycles. The zero-order chi connectivity index (χ0) is 16.2. The van der Waals surface area contributed by atoms with Crippen molar-refractivity contribution in [1.29, 1.82) is 0 Å². The Bertz CT molecular complexity index is 812. The molecule has 8 nitrogen and oxygen atoms in total. The Balaban J connectivity index is 1.72. The first-order valence-corrected chi connectivity index (χ1v) is 7.25. The van der Waals surface area contributed by atoms with Crippen LogP contribution in [0.3, 0.4) is 0 Å². The SMILES string of the molecule is CN(C)c1nc(N)nc(CCNc2ncnc3ccccc23)n1. The minimum Gasteiger partial charge on any atom is -0.369 e. The van der Waals surface area contributed by atoms with E-state index in [1.807, 2.05) is 38.4 Å². The van der Waals surface area contributed by atoms with Crippen LogP contribution >= 0.6 is 0 Å². The lowest BCUT2D eigenvalue weighted by atomic mass is 10.2. The van der Waals surface area contributed by atoms with Crippen molar-refractivity contribution in [3.05, 3.63) is 36.4 Å². The molecule has 3 aromatic rings. The first-order chi connectivity index (χ1) is 11.1. The maximum absolute atomic E-state index is 5.72. The van der Waals surface area contributed by atoms with E-state index in [2.05, 4.69) is 30.2 Å². The van der Waals surface area contributed by atoms with Gasteiger partial charge >= 0.3 is 0 Å². The predicted molar refractivity (Wildman–Crippen MR) is 90.3 cm³/mol. The third-order valence-corrected chi connectivity index (χ3v) is 3.27. The van der Waals surface area contributed by atoms with Crippen molar-refractivity contribution in [2.75, 3.05) is 36.6 Å². The topological polar surface area (TPSA) is 106 Å². The number of rotatable bonds is 5. The quantitative estimate of drug-likeness (QED) is 0.722. The number of fused-ring (bicyclic) bond motifs is 1. The molecule has 2 heterocycles. The molecule has 0 aliphatic heterocycles. The number of aromatic nitrogens is 5. The van der Waals surface area contributed by atoms with Gasteiger partial charge in [-0.15, -0.1) is 0 Å². The normalized spacial score (nSPS) is 10.7. The molecule has 0 saturated carbocycles. The van der Waals surface area contributed by atoms with Gasteiger partial charge in [-0.25, -0.2) is 9.97 Å². The summed E-state index contributed by atoms with van der Waals surface area (Å²) in [6.45, 7) is 0.636. The second kappa shape index (κ2) is 6.39. The van der Waals surface area contributed by atoms with E-state index >= 15 is 0 Å². The Labute approximate surface area is 133 Å². The Kier molecular flexibility index (Phi) is 4.13. The molecule has 0 fully saturated rings. The number of anilines is 3. The summed E-state index contributed by atoms with van der Waals surface area (Å²) < 4.78 is 0. The number of para-hydroxylation sites is 1. The third-order valence-electron chi connectivity index (χ3n) is 3.27.